The van der Waals surface area contributed by atoms with Crippen molar-refractivity contribution < 1.29 is 13.9 Å². The van der Waals surface area contributed by atoms with Gasteiger partial charge in [0, 0.05) is 37.7 Å². The molecule has 3 nitrogen and oxygen atoms in total. The molecule has 0 fully saturated rings. The molecule has 0 N–H and O–H groups in total. The van der Waals surface area contributed by atoms with Crippen LogP contribution in [0.4, 0.5) is 0 Å². The van der Waals surface area contributed by atoms with E-state index in [0.29, 0.717) is 19.6 Å². The van der Waals surface area contributed by atoms with E-state index in [1.807, 2.05) is 152 Å². The van der Waals surface area contributed by atoms with Gasteiger partial charge >= 0.3 is 0 Å². The minimum absolute atomic E-state index is 0.0159. The topological polar surface area (TPSA) is 43.4 Å². The molecule has 0 bridgehead atoms. The van der Waals surface area contributed by atoms with Crippen molar-refractivity contribution in [1.82, 2.24) is 0 Å². The van der Waals surface area contributed by atoms with Gasteiger partial charge in [0.25, 0.3) is 0 Å². The lowest BCUT2D eigenvalue weighted by molar-refractivity contribution is 0.102. The molecule has 7 aromatic carbocycles. The maximum absolute atomic E-state index is 16.3. The van der Waals surface area contributed by atoms with E-state index in [-0.39, 0.29) is 5.92 Å². The Labute approximate surface area is 288 Å². The van der Waals surface area contributed by atoms with Crippen LogP contribution in [0, 0.1) is 0 Å². The summed E-state index contributed by atoms with van der Waals surface area (Å²) < 4.78 is 38.8. The lowest BCUT2D eigenvalue weighted by Crippen LogP contribution is -2.41. The zero-order valence-electron chi connectivity index (χ0n) is 27.1. The van der Waals surface area contributed by atoms with Crippen LogP contribution in [0.15, 0.2) is 176 Å². The summed E-state index contributed by atoms with van der Waals surface area (Å²) in [6.45, 7) is 0.960. The molecule has 0 amide bonds. The molecular weight excluding hydrogens is 638 g/mol. The second-order valence-electron chi connectivity index (χ2n) is 12.6. The van der Waals surface area contributed by atoms with Crippen LogP contribution < -0.4 is 31.8 Å². The Morgan fingerprint density at radius 2 is 0.837 bits per heavy atom. The Morgan fingerprint density at radius 1 is 0.469 bits per heavy atom. The predicted octanol–water partition coefficient (Wildman–Crippen LogP) is 7.98. The summed E-state index contributed by atoms with van der Waals surface area (Å²) in [5, 5.41) is 6.62. The minimum Gasteiger partial charge on any atom is -0.376 e. The molecule has 0 heterocycles. The van der Waals surface area contributed by atoms with Crippen molar-refractivity contribution in [1.29, 1.82) is 0 Å². The van der Waals surface area contributed by atoms with Gasteiger partial charge in [0.05, 0.1) is 13.2 Å². The Balaban J connectivity index is 1.43. The lowest BCUT2D eigenvalue weighted by atomic mass is 9.76. The van der Waals surface area contributed by atoms with Gasteiger partial charge in [-0.15, -0.1) is 0 Å². The zero-order valence-corrected chi connectivity index (χ0v) is 28.8. The molecule has 8 rings (SSSR count). The van der Waals surface area contributed by atoms with Crippen LogP contribution in [-0.4, -0.2) is 6.61 Å². The van der Waals surface area contributed by atoms with Crippen LogP contribution in [0.2, 0.25) is 0 Å². The van der Waals surface area contributed by atoms with Gasteiger partial charge < -0.3 is 13.9 Å². The summed E-state index contributed by atoms with van der Waals surface area (Å²) in [6, 6.07) is 57.9. The predicted molar refractivity (Wildman–Crippen MR) is 205 cm³/mol. The van der Waals surface area contributed by atoms with Crippen LogP contribution in [0.25, 0.3) is 10.8 Å². The van der Waals surface area contributed by atoms with Crippen molar-refractivity contribution in [3.8, 4) is 0 Å². The van der Waals surface area contributed by atoms with Gasteiger partial charge in [0.2, 0.25) is 0 Å². The molecule has 0 aliphatic heterocycles. The van der Waals surface area contributed by atoms with E-state index in [2.05, 4.69) is 24.3 Å². The molecule has 1 aliphatic carbocycles. The van der Waals surface area contributed by atoms with E-state index in [0.717, 1.165) is 59.3 Å². The molecule has 7 aromatic rings. The molecule has 0 radical (unpaired) electrons. The summed E-state index contributed by atoms with van der Waals surface area (Å²) in [5.74, 6) is -0.0159. The first-order chi connectivity index (χ1) is 24.1. The van der Waals surface area contributed by atoms with Gasteiger partial charge in [0.1, 0.15) is 0 Å². The van der Waals surface area contributed by atoms with Crippen molar-refractivity contribution >= 4 is 56.9 Å². The Bertz CT molecular complexity index is 2240. The molecule has 0 saturated heterocycles. The molecular formula is C44H36O3P2. The van der Waals surface area contributed by atoms with Crippen LogP contribution in [0.3, 0.4) is 0 Å². The van der Waals surface area contributed by atoms with Crippen molar-refractivity contribution in [2.75, 3.05) is 6.61 Å². The smallest absolute Gasteiger partial charge is 0.171 e. The van der Waals surface area contributed by atoms with E-state index in [1.54, 1.807) is 0 Å². The minimum atomic E-state index is -3.42. The number of benzene rings is 7. The SMILES string of the molecule is O=P(c1ccccc1)(c1ccccc1)c1c2c(c(P(=O)(c3ccccc3)c3ccccc3)c3ccccc13)C(COCc1ccccc1)C2. The molecule has 240 valence electrons. The second-order valence-corrected chi connectivity index (χ2v) is 18.0. The van der Waals surface area contributed by atoms with Gasteiger partial charge in [-0.1, -0.05) is 176 Å². The second kappa shape index (κ2) is 13.3. The van der Waals surface area contributed by atoms with Crippen molar-refractivity contribution in [3.05, 3.63) is 193 Å². The molecule has 1 atom stereocenters. The van der Waals surface area contributed by atoms with Crippen LogP contribution in [0.1, 0.15) is 22.6 Å². The number of hydrogen-bond acceptors (Lipinski definition) is 3. The number of rotatable bonds is 10. The third kappa shape index (κ3) is 5.44. The fourth-order valence-corrected chi connectivity index (χ4v) is 13.8. The largest absolute Gasteiger partial charge is 0.376 e. The van der Waals surface area contributed by atoms with Gasteiger partial charge in [0.15, 0.2) is 14.3 Å². The van der Waals surface area contributed by atoms with Gasteiger partial charge in [-0.3, -0.25) is 0 Å². The maximum atomic E-state index is 16.3. The molecule has 0 saturated carbocycles. The van der Waals surface area contributed by atoms with E-state index in [4.69, 9.17) is 4.74 Å². The fourth-order valence-electron chi connectivity index (χ4n) is 7.44. The molecule has 49 heavy (non-hydrogen) atoms. The van der Waals surface area contributed by atoms with E-state index in [1.165, 1.54) is 0 Å². The highest BCUT2D eigenvalue weighted by molar-refractivity contribution is 7.86. The quantitative estimate of drug-likeness (QED) is 0.138. The normalized spacial score (nSPS) is 14.2. The van der Waals surface area contributed by atoms with Crippen molar-refractivity contribution in [2.24, 2.45) is 0 Å². The average molecular weight is 675 g/mol. The highest BCUT2D eigenvalue weighted by Crippen LogP contribution is 2.54. The van der Waals surface area contributed by atoms with Crippen LogP contribution in [-0.2, 0) is 26.9 Å². The molecule has 5 heteroatoms. The highest BCUT2D eigenvalue weighted by atomic mass is 31.2. The summed E-state index contributed by atoms with van der Waals surface area (Å²) in [4.78, 5) is 0. The standard InChI is InChI=1S/C44H36O3P2/c45-48(35-20-8-2-9-21-35,36-22-10-3-11-23-36)43-39-28-16-17-29-40(39)44(42-34(30-41(42)43)32-47-31-33-18-6-1-7-19-33)49(46,37-24-12-4-13-25-37)38-26-14-5-15-27-38/h1-29,34H,30-32H2. The van der Waals surface area contributed by atoms with Crippen molar-refractivity contribution in [3.63, 3.8) is 0 Å². The van der Waals surface area contributed by atoms with E-state index < -0.39 is 14.3 Å². The average Bonchev–Trinajstić information content (AvgIpc) is 3.17. The first-order valence-electron chi connectivity index (χ1n) is 16.7. The molecule has 0 spiro atoms. The third-order valence-corrected chi connectivity index (χ3v) is 16.1. The highest BCUT2D eigenvalue weighted by Gasteiger charge is 2.46. The number of ether oxygens (including phenoxy) is 1. The monoisotopic (exact) mass is 674 g/mol. The van der Waals surface area contributed by atoms with Crippen LogP contribution in [0.5, 0.6) is 0 Å². The maximum Gasteiger partial charge on any atom is 0.171 e. The van der Waals surface area contributed by atoms with Gasteiger partial charge in [-0.25, -0.2) is 0 Å². The fraction of sp³-hybridized carbons (Fsp3) is 0.0909. The van der Waals surface area contributed by atoms with Crippen LogP contribution >= 0.6 is 14.3 Å². The molecule has 1 aliphatic rings. The number of fused-ring (bicyclic) bond motifs is 2. The Morgan fingerprint density at radius 3 is 1.29 bits per heavy atom. The third-order valence-electron chi connectivity index (χ3n) is 9.70. The number of hydrogen-bond donors (Lipinski definition) is 0. The molecule has 0 aromatic heterocycles. The van der Waals surface area contributed by atoms with Gasteiger partial charge in [-0.05, 0) is 33.9 Å². The lowest BCUT2D eigenvalue weighted by Gasteiger charge is -2.40. The Kier molecular flexibility index (Phi) is 8.52. The Hall–Kier alpha value is -4.78. The summed E-state index contributed by atoms with van der Waals surface area (Å²) in [6.07, 6.45) is 0.685. The van der Waals surface area contributed by atoms with E-state index >= 15 is 9.13 Å². The summed E-state index contributed by atoms with van der Waals surface area (Å²) >= 11 is 0. The van der Waals surface area contributed by atoms with E-state index in [9.17, 15) is 0 Å². The van der Waals surface area contributed by atoms with Crippen molar-refractivity contribution in [2.45, 2.75) is 18.9 Å². The molecule has 1 unspecified atom stereocenters. The van der Waals surface area contributed by atoms with Gasteiger partial charge in [-0.2, -0.15) is 0 Å². The first kappa shape index (κ1) is 31.5. The summed E-state index contributed by atoms with van der Waals surface area (Å²) in [7, 11) is -6.81. The first-order valence-corrected chi connectivity index (χ1v) is 20.1. The zero-order chi connectivity index (χ0) is 33.3. The summed E-state index contributed by atoms with van der Waals surface area (Å²) in [5.41, 5.74) is 3.16.